The topological polar surface area (TPSA) is 42.9 Å². The maximum atomic E-state index is 10.0. The molecule has 72 valence electrons. The lowest BCUT2D eigenvalue weighted by Crippen LogP contribution is -1.88. The Balaban J connectivity index is 2.56. The van der Waals surface area contributed by atoms with Crippen molar-refractivity contribution in [2.75, 3.05) is 0 Å². The minimum atomic E-state index is 0.469. The molecule has 4 heteroatoms. The van der Waals surface area contributed by atoms with Gasteiger partial charge in [-0.15, -0.1) is 0 Å². The van der Waals surface area contributed by atoms with Gasteiger partial charge in [0.2, 0.25) is 0 Å². The SMILES string of the molecule is O=CC#Cc1cnc2cc(Cl)ccc2n1. The molecule has 1 aromatic carbocycles. The molecule has 15 heavy (non-hydrogen) atoms. The van der Waals surface area contributed by atoms with E-state index in [0.717, 1.165) is 0 Å². The second-order valence-corrected chi connectivity index (χ2v) is 3.21. The number of benzene rings is 1. The minimum Gasteiger partial charge on any atom is -0.289 e. The van der Waals surface area contributed by atoms with Gasteiger partial charge >= 0.3 is 0 Å². The Kier molecular flexibility index (Phi) is 2.61. The van der Waals surface area contributed by atoms with Gasteiger partial charge < -0.3 is 0 Å². The van der Waals surface area contributed by atoms with Crippen molar-refractivity contribution in [3.8, 4) is 11.8 Å². The number of hydrogen-bond acceptors (Lipinski definition) is 3. The molecule has 0 aliphatic carbocycles. The van der Waals surface area contributed by atoms with Gasteiger partial charge in [-0.1, -0.05) is 11.6 Å². The molecule has 0 N–H and O–H groups in total. The van der Waals surface area contributed by atoms with Crippen LogP contribution >= 0.6 is 11.6 Å². The maximum absolute atomic E-state index is 10.0. The highest BCUT2D eigenvalue weighted by Crippen LogP contribution is 2.15. The summed E-state index contributed by atoms with van der Waals surface area (Å²) in [4.78, 5) is 18.4. The van der Waals surface area contributed by atoms with Crippen LogP contribution < -0.4 is 0 Å². The van der Waals surface area contributed by atoms with Gasteiger partial charge in [0.1, 0.15) is 5.69 Å². The molecule has 0 spiro atoms. The lowest BCUT2D eigenvalue weighted by Gasteiger charge is -1.96. The van der Waals surface area contributed by atoms with E-state index in [9.17, 15) is 4.79 Å². The van der Waals surface area contributed by atoms with Crippen LogP contribution in [0.1, 0.15) is 5.69 Å². The van der Waals surface area contributed by atoms with Gasteiger partial charge in [-0.25, -0.2) is 4.98 Å². The number of aldehydes is 1. The van der Waals surface area contributed by atoms with Gasteiger partial charge in [-0.05, 0) is 30.0 Å². The third-order valence-corrected chi connectivity index (χ3v) is 2.00. The molecule has 2 aromatic rings. The van der Waals surface area contributed by atoms with Crippen LogP contribution in [0.5, 0.6) is 0 Å². The number of carbonyl (C=O) groups is 1. The van der Waals surface area contributed by atoms with Crippen molar-refractivity contribution in [2.24, 2.45) is 0 Å². The lowest BCUT2D eigenvalue weighted by molar-refractivity contribution is -0.103. The summed E-state index contributed by atoms with van der Waals surface area (Å²) in [5.74, 6) is 4.86. The van der Waals surface area contributed by atoms with E-state index >= 15 is 0 Å². The molecular weight excluding hydrogens is 212 g/mol. The van der Waals surface area contributed by atoms with E-state index in [1.807, 2.05) is 0 Å². The summed E-state index contributed by atoms with van der Waals surface area (Å²) in [5.41, 5.74) is 1.88. The molecule has 1 aromatic heterocycles. The van der Waals surface area contributed by atoms with Gasteiger partial charge in [0.05, 0.1) is 17.2 Å². The zero-order valence-corrected chi connectivity index (χ0v) is 8.32. The number of nitrogens with zero attached hydrogens (tertiary/aromatic N) is 2. The highest BCUT2D eigenvalue weighted by molar-refractivity contribution is 6.31. The number of fused-ring (bicyclic) bond motifs is 1. The van der Waals surface area contributed by atoms with Crippen LogP contribution in [0.4, 0.5) is 0 Å². The molecule has 0 radical (unpaired) electrons. The van der Waals surface area contributed by atoms with Gasteiger partial charge in [0.25, 0.3) is 0 Å². The Labute approximate surface area is 91.1 Å². The number of aromatic nitrogens is 2. The first-order valence-corrected chi connectivity index (χ1v) is 4.55. The van der Waals surface area contributed by atoms with Gasteiger partial charge in [0.15, 0.2) is 6.29 Å². The summed E-state index contributed by atoms with van der Waals surface area (Å²) in [5, 5.41) is 0.614. The first kappa shape index (κ1) is 9.63. The molecule has 0 aliphatic heterocycles. The van der Waals surface area contributed by atoms with Crippen LogP contribution in [0, 0.1) is 11.8 Å². The van der Waals surface area contributed by atoms with E-state index in [1.54, 1.807) is 18.2 Å². The molecule has 0 bridgehead atoms. The smallest absolute Gasteiger partial charge is 0.193 e. The molecule has 2 rings (SSSR count). The summed E-state index contributed by atoms with van der Waals surface area (Å²) in [7, 11) is 0. The van der Waals surface area contributed by atoms with E-state index in [4.69, 9.17) is 11.6 Å². The monoisotopic (exact) mass is 216 g/mol. The predicted octanol–water partition coefficient (Wildman–Crippen LogP) is 1.83. The maximum Gasteiger partial charge on any atom is 0.193 e. The van der Waals surface area contributed by atoms with Crippen LogP contribution in [-0.2, 0) is 4.79 Å². The summed E-state index contributed by atoms with van der Waals surface area (Å²) >= 11 is 5.80. The highest BCUT2D eigenvalue weighted by atomic mass is 35.5. The first-order valence-electron chi connectivity index (χ1n) is 4.17. The van der Waals surface area contributed by atoms with Crippen LogP contribution in [-0.4, -0.2) is 16.3 Å². The van der Waals surface area contributed by atoms with E-state index < -0.39 is 0 Å². The average molecular weight is 217 g/mol. The molecule has 0 saturated carbocycles. The van der Waals surface area contributed by atoms with Gasteiger partial charge in [0, 0.05) is 5.02 Å². The van der Waals surface area contributed by atoms with Crippen LogP contribution in [0.25, 0.3) is 11.0 Å². The molecule has 0 amide bonds. The van der Waals surface area contributed by atoms with Crippen molar-refractivity contribution >= 4 is 28.9 Å². The second-order valence-electron chi connectivity index (χ2n) is 2.78. The number of halogens is 1. The van der Waals surface area contributed by atoms with Crippen molar-refractivity contribution < 1.29 is 4.79 Å². The van der Waals surface area contributed by atoms with Crippen LogP contribution in [0.3, 0.4) is 0 Å². The van der Waals surface area contributed by atoms with E-state index in [1.165, 1.54) is 6.20 Å². The first-order chi connectivity index (χ1) is 7.29. The number of hydrogen-bond donors (Lipinski definition) is 0. The Morgan fingerprint density at radius 3 is 3.00 bits per heavy atom. The molecule has 3 nitrogen and oxygen atoms in total. The van der Waals surface area contributed by atoms with Gasteiger partial charge in [-0.3, -0.25) is 9.78 Å². The summed E-state index contributed by atoms with van der Waals surface area (Å²) in [6.45, 7) is 0. The van der Waals surface area contributed by atoms with Crippen molar-refractivity contribution in [3.63, 3.8) is 0 Å². The van der Waals surface area contributed by atoms with Crippen molar-refractivity contribution in [1.82, 2.24) is 9.97 Å². The average Bonchev–Trinajstić information content (AvgIpc) is 2.26. The van der Waals surface area contributed by atoms with Crippen molar-refractivity contribution in [3.05, 3.63) is 35.1 Å². The van der Waals surface area contributed by atoms with Crippen molar-refractivity contribution in [1.29, 1.82) is 0 Å². The van der Waals surface area contributed by atoms with Crippen LogP contribution in [0.2, 0.25) is 5.02 Å². The molecule has 0 saturated heterocycles. The summed E-state index contributed by atoms with van der Waals surface area (Å²) in [6.07, 6.45) is 2.03. The molecule has 0 unspecified atom stereocenters. The zero-order chi connectivity index (χ0) is 10.7. The fourth-order valence-corrected chi connectivity index (χ4v) is 1.31. The Morgan fingerprint density at radius 2 is 2.20 bits per heavy atom. The van der Waals surface area contributed by atoms with E-state index in [-0.39, 0.29) is 0 Å². The summed E-state index contributed by atoms with van der Waals surface area (Å²) in [6, 6.07) is 5.22. The fourth-order valence-electron chi connectivity index (χ4n) is 1.15. The minimum absolute atomic E-state index is 0.469. The second kappa shape index (κ2) is 4.07. The largest absolute Gasteiger partial charge is 0.289 e. The quantitative estimate of drug-likeness (QED) is 0.499. The molecule has 0 fully saturated rings. The normalized spacial score (nSPS) is 9.40. The molecule has 0 atom stereocenters. The predicted molar refractivity (Wildman–Crippen MR) is 57.5 cm³/mol. The zero-order valence-electron chi connectivity index (χ0n) is 7.57. The molecule has 1 heterocycles. The summed E-state index contributed by atoms with van der Waals surface area (Å²) < 4.78 is 0. The van der Waals surface area contributed by atoms with Crippen molar-refractivity contribution in [2.45, 2.75) is 0 Å². The lowest BCUT2D eigenvalue weighted by atomic mass is 10.3. The molecular formula is C11H5ClN2O. The number of rotatable bonds is 0. The van der Waals surface area contributed by atoms with E-state index in [0.29, 0.717) is 28.0 Å². The third kappa shape index (κ3) is 2.12. The molecule has 0 aliphatic rings. The van der Waals surface area contributed by atoms with E-state index in [2.05, 4.69) is 21.8 Å². The fraction of sp³-hybridized carbons (Fsp3) is 0. The van der Waals surface area contributed by atoms with Crippen LogP contribution in [0.15, 0.2) is 24.4 Å². The Morgan fingerprint density at radius 1 is 1.33 bits per heavy atom. The highest BCUT2D eigenvalue weighted by Gasteiger charge is 1.98. The van der Waals surface area contributed by atoms with Gasteiger partial charge in [-0.2, -0.15) is 0 Å². The number of carbonyl (C=O) groups excluding carboxylic acids is 1. The standard InChI is InChI=1S/C11H5ClN2O/c12-8-3-4-10-11(6-8)13-7-9(14-10)2-1-5-15/h3-7H. The third-order valence-electron chi connectivity index (χ3n) is 1.76. The Hall–Kier alpha value is -1.92. The Bertz CT molecular complexity index is 584.